The summed E-state index contributed by atoms with van der Waals surface area (Å²) in [4.78, 5) is 0. The van der Waals surface area contributed by atoms with Gasteiger partial charge in [-0.3, -0.25) is 0 Å². The van der Waals surface area contributed by atoms with Crippen molar-refractivity contribution >= 4 is 18.7 Å². The molecule has 5 heteroatoms. The van der Waals surface area contributed by atoms with E-state index in [-0.39, 0.29) is 5.57 Å². The molecule has 0 spiro atoms. The fraction of sp³-hybridized carbons (Fsp3) is 0. The second kappa shape index (κ2) is 4.97. The van der Waals surface area contributed by atoms with E-state index in [1.807, 2.05) is 0 Å². The standard InChI is InChI=1S/C10H7BN2O2/c12-6-9(7-13)4-8-2-1-3-10(5-8)11(14)15/h1-5,14-15H. The lowest BCUT2D eigenvalue weighted by atomic mass is 9.79. The number of benzene rings is 1. The van der Waals surface area contributed by atoms with Gasteiger partial charge in [0.05, 0.1) is 0 Å². The molecule has 1 aromatic rings. The molecule has 0 fully saturated rings. The quantitative estimate of drug-likeness (QED) is 0.508. The third kappa shape index (κ3) is 2.96. The molecule has 0 radical (unpaired) electrons. The first-order valence-electron chi connectivity index (χ1n) is 4.15. The summed E-state index contributed by atoms with van der Waals surface area (Å²) in [5.74, 6) is 0. The van der Waals surface area contributed by atoms with Crippen LogP contribution in [0, 0.1) is 22.7 Å². The fourth-order valence-corrected chi connectivity index (χ4v) is 1.07. The predicted molar refractivity (Wildman–Crippen MR) is 55.5 cm³/mol. The molecular formula is C10H7BN2O2. The summed E-state index contributed by atoms with van der Waals surface area (Å²) in [6.07, 6.45) is 1.38. The van der Waals surface area contributed by atoms with Crippen molar-refractivity contribution in [3.63, 3.8) is 0 Å². The minimum absolute atomic E-state index is 0.0282. The molecule has 0 aliphatic rings. The van der Waals surface area contributed by atoms with E-state index in [4.69, 9.17) is 20.6 Å². The first-order valence-corrected chi connectivity index (χ1v) is 4.15. The van der Waals surface area contributed by atoms with Crippen LogP contribution in [0.2, 0.25) is 0 Å². The Hall–Kier alpha value is -2.08. The van der Waals surface area contributed by atoms with Crippen molar-refractivity contribution in [2.45, 2.75) is 0 Å². The molecule has 1 rings (SSSR count). The van der Waals surface area contributed by atoms with Crippen LogP contribution in [0.5, 0.6) is 0 Å². The molecule has 72 valence electrons. The molecule has 0 saturated heterocycles. The summed E-state index contributed by atoms with van der Waals surface area (Å²) in [5.41, 5.74) is 0.872. The summed E-state index contributed by atoms with van der Waals surface area (Å²) < 4.78 is 0. The zero-order valence-electron chi connectivity index (χ0n) is 7.75. The Labute approximate surface area is 87.5 Å². The maximum atomic E-state index is 8.90. The highest BCUT2D eigenvalue weighted by Gasteiger charge is 2.10. The monoisotopic (exact) mass is 198 g/mol. The maximum absolute atomic E-state index is 8.90. The van der Waals surface area contributed by atoms with Crippen molar-refractivity contribution in [1.29, 1.82) is 10.5 Å². The van der Waals surface area contributed by atoms with Gasteiger partial charge in [-0.2, -0.15) is 10.5 Å². The largest absolute Gasteiger partial charge is 0.488 e. The lowest BCUT2D eigenvalue weighted by Crippen LogP contribution is -2.29. The molecule has 0 bridgehead atoms. The van der Waals surface area contributed by atoms with Gasteiger partial charge >= 0.3 is 7.12 Å². The van der Waals surface area contributed by atoms with Crippen LogP contribution in [0.3, 0.4) is 0 Å². The number of allylic oxidation sites excluding steroid dienone is 1. The molecule has 4 nitrogen and oxygen atoms in total. The fourth-order valence-electron chi connectivity index (χ4n) is 1.07. The number of hydrogen-bond acceptors (Lipinski definition) is 4. The molecule has 0 atom stereocenters. The second-order valence-corrected chi connectivity index (χ2v) is 2.83. The van der Waals surface area contributed by atoms with Gasteiger partial charge in [-0.15, -0.1) is 0 Å². The summed E-state index contributed by atoms with van der Waals surface area (Å²) in [7, 11) is -1.55. The van der Waals surface area contributed by atoms with E-state index in [0.29, 0.717) is 11.0 Å². The average Bonchev–Trinajstić information content (AvgIpc) is 2.26. The zero-order chi connectivity index (χ0) is 11.3. The van der Waals surface area contributed by atoms with E-state index >= 15 is 0 Å². The van der Waals surface area contributed by atoms with Crippen LogP contribution in [0.25, 0.3) is 6.08 Å². The van der Waals surface area contributed by atoms with Gasteiger partial charge in [-0.25, -0.2) is 0 Å². The number of rotatable bonds is 2. The molecule has 0 unspecified atom stereocenters. The SMILES string of the molecule is N#CC(C#N)=Cc1cccc(B(O)O)c1. The molecule has 0 amide bonds. The van der Waals surface area contributed by atoms with Crippen molar-refractivity contribution in [3.8, 4) is 12.1 Å². The Morgan fingerprint density at radius 2 is 1.93 bits per heavy atom. The summed E-state index contributed by atoms with van der Waals surface area (Å²) in [5, 5.41) is 34.9. The predicted octanol–water partition coefficient (Wildman–Crippen LogP) is -0.203. The number of hydrogen-bond donors (Lipinski definition) is 2. The molecular weight excluding hydrogens is 191 g/mol. The van der Waals surface area contributed by atoms with Gasteiger partial charge in [-0.1, -0.05) is 24.3 Å². The van der Waals surface area contributed by atoms with Crippen LogP contribution < -0.4 is 5.46 Å². The van der Waals surface area contributed by atoms with Gasteiger partial charge in [0, 0.05) is 0 Å². The van der Waals surface area contributed by atoms with Crippen molar-refractivity contribution in [1.82, 2.24) is 0 Å². The molecule has 0 aliphatic carbocycles. The Morgan fingerprint density at radius 1 is 1.27 bits per heavy atom. The first-order chi connectivity index (χ1) is 7.17. The van der Waals surface area contributed by atoms with Crippen LogP contribution in [0.15, 0.2) is 29.8 Å². The van der Waals surface area contributed by atoms with Crippen molar-refractivity contribution in [2.24, 2.45) is 0 Å². The van der Waals surface area contributed by atoms with E-state index in [1.54, 1.807) is 30.3 Å². The van der Waals surface area contributed by atoms with E-state index < -0.39 is 7.12 Å². The second-order valence-electron chi connectivity index (χ2n) is 2.83. The highest BCUT2D eigenvalue weighted by atomic mass is 16.4. The minimum atomic E-state index is -1.55. The van der Waals surface area contributed by atoms with Crippen molar-refractivity contribution in [3.05, 3.63) is 35.4 Å². The number of nitriles is 2. The highest BCUT2D eigenvalue weighted by molar-refractivity contribution is 6.58. The molecule has 0 aliphatic heterocycles. The molecule has 2 N–H and O–H groups in total. The average molecular weight is 198 g/mol. The first kappa shape index (κ1) is 11.0. The zero-order valence-corrected chi connectivity index (χ0v) is 7.75. The smallest absolute Gasteiger partial charge is 0.423 e. The van der Waals surface area contributed by atoms with Gasteiger partial charge in [-0.05, 0) is 17.1 Å². The topological polar surface area (TPSA) is 88.0 Å². The van der Waals surface area contributed by atoms with E-state index in [0.717, 1.165) is 0 Å². The van der Waals surface area contributed by atoms with Crippen molar-refractivity contribution < 1.29 is 10.0 Å². The van der Waals surface area contributed by atoms with Crippen molar-refractivity contribution in [2.75, 3.05) is 0 Å². The number of nitrogens with zero attached hydrogens (tertiary/aromatic N) is 2. The summed E-state index contributed by atoms with van der Waals surface area (Å²) >= 11 is 0. The van der Waals surface area contributed by atoms with Gasteiger partial charge in [0.2, 0.25) is 0 Å². The summed E-state index contributed by atoms with van der Waals surface area (Å²) in [6, 6.07) is 9.77. The lowest BCUT2D eigenvalue weighted by molar-refractivity contribution is 0.426. The van der Waals surface area contributed by atoms with Crippen LogP contribution in [0.4, 0.5) is 0 Å². The molecule has 0 aromatic heterocycles. The third-order valence-corrected chi connectivity index (χ3v) is 1.76. The van der Waals surface area contributed by atoms with Gasteiger partial charge in [0.25, 0.3) is 0 Å². The van der Waals surface area contributed by atoms with E-state index in [2.05, 4.69) is 0 Å². The summed E-state index contributed by atoms with van der Waals surface area (Å²) in [6.45, 7) is 0. The van der Waals surface area contributed by atoms with Crippen LogP contribution in [-0.2, 0) is 0 Å². The lowest BCUT2D eigenvalue weighted by Gasteiger charge is -1.99. The van der Waals surface area contributed by atoms with E-state index in [1.165, 1.54) is 12.1 Å². The Kier molecular flexibility index (Phi) is 3.64. The van der Waals surface area contributed by atoms with Crippen LogP contribution in [-0.4, -0.2) is 17.2 Å². The molecule has 1 aromatic carbocycles. The Morgan fingerprint density at radius 3 is 2.47 bits per heavy atom. The molecule has 15 heavy (non-hydrogen) atoms. The normalized spacial score (nSPS) is 8.53. The van der Waals surface area contributed by atoms with Gasteiger partial charge in [0.15, 0.2) is 0 Å². The Balaban J connectivity index is 3.08. The van der Waals surface area contributed by atoms with Gasteiger partial charge < -0.3 is 10.0 Å². The van der Waals surface area contributed by atoms with Crippen LogP contribution >= 0.6 is 0 Å². The maximum Gasteiger partial charge on any atom is 0.488 e. The molecule has 0 saturated carbocycles. The minimum Gasteiger partial charge on any atom is -0.423 e. The third-order valence-electron chi connectivity index (χ3n) is 1.76. The van der Waals surface area contributed by atoms with Crippen LogP contribution in [0.1, 0.15) is 5.56 Å². The Bertz CT molecular complexity index is 453. The highest BCUT2D eigenvalue weighted by Crippen LogP contribution is 2.04. The molecule has 0 heterocycles. The van der Waals surface area contributed by atoms with E-state index in [9.17, 15) is 0 Å². The van der Waals surface area contributed by atoms with Gasteiger partial charge in [0.1, 0.15) is 17.7 Å².